The molecule has 0 saturated carbocycles. The van der Waals surface area contributed by atoms with Crippen LogP contribution in [0.5, 0.6) is 0 Å². The molecule has 0 N–H and O–H groups in total. The Balaban J connectivity index is 1.83. The lowest BCUT2D eigenvalue weighted by Crippen LogP contribution is -2.37. The minimum atomic E-state index is -0.682. The molecule has 4 aromatic heterocycles. The summed E-state index contributed by atoms with van der Waals surface area (Å²) in [6, 6.07) is 3.41. The summed E-state index contributed by atoms with van der Waals surface area (Å²) >= 11 is 6.35. The third-order valence-electron chi connectivity index (χ3n) is 4.57. The van der Waals surface area contributed by atoms with Crippen molar-refractivity contribution in [1.29, 1.82) is 0 Å². The van der Waals surface area contributed by atoms with Gasteiger partial charge in [-0.1, -0.05) is 25.4 Å². The van der Waals surface area contributed by atoms with Crippen molar-refractivity contribution >= 4 is 34.9 Å². The Morgan fingerprint density at radius 2 is 2.06 bits per heavy atom. The molecule has 0 saturated heterocycles. The van der Waals surface area contributed by atoms with Gasteiger partial charge in [0.1, 0.15) is 16.6 Å². The van der Waals surface area contributed by atoms with E-state index >= 15 is 0 Å². The molecule has 4 heterocycles. The molecule has 0 unspecified atom stereocenters. The first-order chi connectivity index (χ1) is 14.6. The fraction of sp³-hybridized carbons (Fsp3) is 0.381. The highest BCUT2D eigenvalue weighted by molar-refractivity contribution is 6.29. The molecular formula is C21H24ClN7O2. The summed E-state index contributed by atoms with van der Waals surface area (Å²) in [4.78, 5) is 27.9. The van der Waals surface area contributed by atoms with E-state index in [0.29, 0.717) is 22.9 Å². The molecule has 0 aliphatic heterocycles. The first kappa shape index (κ1) is 21.0. The number of halogens is 1. The van der Waals surface area contributed by atoms with Crippen LogP contribution in [0.3, 0.4) is 0 Å². The van der Waals surface area contributed by atoms with Crippen LogP contribution in [0.1, 0.15) is 51.8 Å². The van der Waals surface area contributed by atoms with E-state index in [1.165, 1.54) is 4.90 Å². The lowest BCUT2D eigenvalue weighted by Gasteiger charge is -2.27. The van der Waals surface area contributed by atoms with Crippen molar-refractivity contribution in [3.8, 4) is 0 Å². The molecule has 0 radical (unpaired) electrons. The van der Waals surface area contributed by atoms with E-state index in [-0.39, 0.29) is 17.6 Å². The van der Waals surface area contributed by atoms with E-state index < -0.39 is 11.7 Å². The zero-order valence-electron chi connectivity index (χ0n) is 18.1. The maximum absolute atomic E-state index is 13.2. The smallest absolute Gasteiger partial charge is 0.416 e. The molecule has 162 valence electrons. The van der Waals surface area contributed by atoms with E-state index in [4.69, 9.17) is 16.3 Å². The second-order valence-electron chi connectivity index (χ2n) is 8.55. The molecule has 4 aromatic rings. The van der Waals surface area contributed by atoms with Crippen LogP contribution in [0.4, 0.5) is 10.6 Å². The zero-order chi connectivity index (χ0) is 22.3. The quantitative estimate of drug-likeness (QED) is 0.433. The van der Waals surface area contributed by atoms with Gasteiger partial charge in [-0.3, -0.25) is 9.30 Å². The Hall–Kier alpha value is -3.20. The van der Waals surface area contributed by atoms with Crippen molar-refractivity contribution in [2.45, 2.75) is 52.7 Å². The molecule has 0 bridgehead atoms. The summed E-state index contributed by atoms with van der Waals surface area (Å²) in [5.74, 6) is 1.18. The standard InChI is InChI=1S/C21H24ClN7O2/c1-13(2)15-10-24-29-17(9-16(22)26-18(15)29)28(20(30)31-21(3,4)5)12-14-11-27-8-6-7-23-19(27)25-14/h6-11,13H,12H2,1-5H3. The predicted molar refractivity (Wildman–Crippen MR) is 117 cm³/mol. The normalized spacial score (nSPS) is 12.1. The Bertz CT molecular complexity index is 1220. The molecule has 0 spiro atoms. The van der Waals surface area contributed by atoms with E-state index in [1.54, 1.807) is 27.4 Å². The fourth-order valence-corrected chi connectivity index (χ4v) is 3.39. The van der Waals surface area contributed by atoms with Crippen molar-refractivity contribution < 1.29 is 9.53 Å². The summed E-state index contributed by atoms with van der Waals surface area (Å²) < 4.78 is 9.08. The lowest BCUT2D eigenvalue weighted by atomic mass is 10.1. The highest BCUT2D eigenvalue weighted by Gasteiger charge is 2.28. The van der Waals surface area contributed by atoms with Crippen molar-refractivity contribution in [2.75, 3.05) is 4.90 Å². The van der Waals surface area contributed by atoms with Crippen LogP contribution in [0.25, 0.3) is 11.4 Å². The van der Waals surface area contributed by atoms with Crippen LogP contribution in [0.15, 0.2) is 36.9 Å². The lowest BCUT2D eigenvalue weighted by molar-refractivity contribution is 0.0575. The van der Waals surface area contributed by atoms with Crippen LogP contribution in [0, 0.1) is 0 Å². The summed E-state index contributed by atoms with van der Waals surface area (Å²) in [5.41, 5.74) is 1.49. The monoisotopic (exact) mass is 441 g/mol. The van der Waals surface area contributed by atoms with Crippen LogP contribution >= 0.6 is 11.6 Å². The number of aromatic nitrogens is 6. The van der Waals surface area contributed by atoms with E-state index in [9.17, 15) is 4.79 Å². The topological polar surface area (TPSA) is 89.9 Å². The number of carbonyl (C=O) groups is 1. The average Bonchev–Trinajstić information content (AvgIpc) is 3.27. The summed E-state index contributed by atoms with van der Waals surface area (Å²) in [5, 5.41) is 4.73. The molecule has 0 aromatic carbocycles. The number of fused-ring (bicyclic) bond motifs is 2. The molecule has 10 heteroatoms. The summed E-state index contributed by atoms with van der Waals surface area (Å²) in [6.07, 6.45) is 6.54. The summed E-state index contributed by atoms with van der Waals surface area (Å²) in [6.45, 7) is 9.70. The van der Waals surface area contributed by atoms with E-state index in [2.05, 4.69) is 33.9 Å². The second-order valence-corrected chi connectivity index (χ2v) is 8.94. The molecule has 0 aliphatic rings. The molecule has 0 atom stereocenters. The van der Waals surface area contributed by atoms with Gasteiger partial charge in [-0.05, 0) is 32.8 Å². The second kappa shape index (κ2) is 7.81. The third kappa shape index (κ3) is 4.32. The summed E-state index contributed by atoms with van der Waals surface area (Å²) in [7, 11) is 0. The maximum atomic E-state index is 13.2. The highest BCUT2D eigenvalue weighted by Crippen LogP contribution is 2.28. The zero-order valence-corrected chi connectivity index (χ0v) is 18.8. The van der Waals surface area contributed by atoms with Crippen LogP contribution in [-0.2, 0) is 11.3 Å². The largest absolute Gasteiger partial charge is 0.443 e. The number of anilines is 1. The number of amides is 1. The number of hydrogen-bond donors (Lipinski definition) is 0. The van der Waals surface area contributed by atoms with Crippen LogP contribution in [-0.4, -0.2) is 40.7 Å². The van der Waals surface area contributed by atoms with Crippen molar-refractivity contribution in [3.05, 3.63) is 53.3 Å². The molecule has 1 amide bonds. The molecule has 0 fully saturated rings. The minimum Gasteiger partial charge on any atom is -0.443 e. The molecular weight excluding hydrogens is 418 g/mol. The van der Waals surface area contributed by atoms with Gasteiger partial charge in [0, 0.05) is 30.2 Å². The fourth-order valence-electron chi connectivity index (χ4n) is 3.21. The number of hydrogen-bond acceptors (Lipinski definition) is 6. The first-order valence-electron chi connectivity index (χ1n) is 9.95. The van der Waals surface area contributed by atoms with Gasteiger partial charge in [0.15, 0.2) is 5.65 Å². The first-order valence-corrected chi connectivity index (χ1v) is 10.3. The Kier molecular flexibility index (Phi) is 5.30. The van der Waals surface area contributed by atoms with Gasteiger partial charge in [-0.15, -0.1) is 0 Å². The van der Waals surface area contributed by atoms with Crippen molar-refractivity contribution in [3.63, 3.8) is 0 Å². The number of carbonyl (C=O) groups excluding carboxylic acids is 1. The van der Waals surface area contributed by atoms with Gasteiger partial charge < -0.3 is 4.74 Å². The number of imidazole rings is 1. The van der Waals surface area contributed by atoms with Gasteiger partial charge in [0.05, 0.1) is 18.4 Å². The average molecular weight is 442 g/mol. The van der Waals surface area contributed by atoms with Gasteiger partial charge in [0.25, 0.3) is 0 Å². The van der Waals surface area contributed by atoms with Gasteiger partial charge >= 0.3 is 6.09 Å². The SMILES string of the molecule is CC(C)c1cnn2c(N(Cc3cn4cccnc4n3)C(=O)OC(C)(C)C)cc(Cl)nc12. The molecule has 4 rings (SSSR count). The van der Waals surface area contributed by atoms with Crippen LogP contribution in [0.2, 0.25) is 5.15 Å². The van der Waals surface area contributed by atoms with Crippen LogP contribution < -0.4 is 4.90 Å². The third-order valence-corrected chi connectivity index (χ3v) is 4.76. The molecule has 0 aliphatic carbocycles. The predicted octanol–water partition coefficient (Wildman–Crippen LogP) is 4.49. The van der Waals surface area contributed by atoms with Crippen molar-refractivity contribution in [2.24, 2.45) is 0 Å². The number of ether oxygens (including phenoxy) is 1. The van der Waals surface area contributed by atoms with Gasteiger partial charge in [0.2, 0.25) is 5.78 Å². The Morgan fingerprint density at radius 1 is 1.29 bits per heavy atom. The molecule has 9 nitrogen and oxygen atoms in total. The van der Waals surface area contributed by atoms with Crippen molar-refractivity contribution in [1.82, 2.24) is 29.0 Å². The van der Waals surface area contributed by atoms with E-state index in [0.717, 1.165) is 5.56 Å². The van der Waals surface area contributed by atoms with Gasteiger partial charge in [-0.2, -0.15) is 9.61 Å². The van der Waals surface area contributed by atoms with E-state index in [1.807, 2.05) is 39.2 Å². The molecule has 31 heavy (non-hydrogen) atoms. The Morgan fingerprint density at radius 3 is 2.74 bits per heavy atom. The number of rotatable bonds is 4. The van der Waals surface area contributed by atoms with Gasteiger partial charge in [-0.25, -0.2) is 19.7 Å². The minimum absolute atomic E-state index is 0.143. The maximum Gasteiger partial charge on any atom is 0.416 e. The number of nitrogens with zero attached hydrogens (tertiary/aromatic N) is 7. The highest BCUT2D eigenvalue weighted by atomic mass is 35.5. The Labute approximate surface area is 184 Å².